The van der Waals surface area contributed by atoms with E-state index in [1.807, 2.05) is 12.1 Å². The van der Waals surface area contributed by atoms with Gasteiger partial charge in [0.25, 0.3) is 0 Å². The predicted molar refractivity (Wildman–Crippen MR) is 74.1 cm³/mol. The summed E-state index contributed by atoms with van der Waals surface area (Å²) < 4.78 is 0. The van der Waals surface area contributed by atoms with Crippen LogP contribution in [-0.4, -0.2) is 31.6 Å². The zero-order valence-electron chi connectivity index (χ0n) is 10.7. The summed E-state index contributed by atoms with van der Waals surface area (Å²) in [6.07, 6.45) is 1.10. The third kappa shape index (κ3) is 3.45. The van der Waals surface area contributed by atoms with Gasteiger partial charge < -0.3 is 16.4 Å². The molecule has 1 aliphatic rings. The summed E-state index contributed by atoms with van der Waals surface area (Å²) in [6, 6.07) is 7.15. The molecule has 0 spiro atoms. The third-order valence-electron chi connectivity index (χ3n) is 2.93. The van der Waals surface area contributed by atoms with Gasteiger partial charge in [0, 0.05) is 30.9 Å². The molecule has 2 rings (SSSR count). The van der Waals surface area contributed by atoms with Gasteiger partial charge in [-0.05, 0) is 37.2 Å². The Morgan fingerprint density at radius 2 is 2.11 bits per heavy atom. The molecule has 1 aliphatic heterocycles. The van der Waals surface area contributed by atoms with E-state index < -0.39 is 0 Å². The Kier molecular flexibility index (Phi) is 4.35. The first kappa shape index (κ1) is 13.4. The Morgan fingerprint density at radius 1 is 1.37 bits per heavy atom. The monoisotopic (exact) mass is 262 g/mol. The van der Waals surface area contributed by atoms with E-state index in [0.29, 0.717) is 32.5 Å². The average molecular weight is 262 g/mol. The van der Waals surface area contributed by atoms with Crippen LogP contribution >= 0.6 is 0 Å². The van der Waals surface area contributed by atoms with Crippen molar-refractivity contribution in [1.29, 1.82) is 0 Å². The lowest BCUT2D eigenvalue weighted by molar-refractivity contribution is -0.116. The van der Waals surface area contributed by atoms with Gasteiger partial charge in [-0.2, -0.15) is 0 Å². The minimum atomic E-state index is -0.0836. The molecule has 6 nitrogen and oxygen atoms in total. The number of urea groups is 1. The number of hydrogen-bond donors (Lipinski definition) is 3. The third-order valence-corrected chi connectivity index (χ3v) is 2.93. The van der Waals surface area contributed by atoms with Crippen LogP contribution in [0.5, 0.6) is 0 Å². The van der Waals surface area contributed by atoms with E-state index in [-0.39, 0.29) is 11.9 Å². The fourth-order valence-electron chi connectivity index (χ4n) is 1.93. The standard InChI is InChI=1S/C13H18N4O2/c14-7-1-2-12(18)16-10-3-5-11(6-4-10)17-9-8-15-13(17)19/h3-6H,1-2,7-9,14H2,(H,15,19)(H,16,18). The van der Waals surface area contributed by atoms with Crippen LogP contribution in [0.3, 0.4) is 0 Å². The molecule has 0 saturated carbocycles. The fourth-order valence-corrected chi connectivity index (χ4v) is 1.93. The van der Waals surface area contributed by atoms with Gasteiger partial charge in [-0.25, -0.2) is 4.79 Å². The largest absolute Gasteiger partial charge is 0.336 e. The van der Waals surface area contributed by atoms with Crippen LogP contribution in [0.2, 0.25) is 0 Å². The molecule has 0 bridgehead atoms. The second kappa shape index (κ2) is 6.19. The van der Waals surface area contributed by atoms with Crippen molar-refractivity contribution >= 4 is 23.3 Å². The second-order valence-corrected chi connectivity index (χ2v) is 4.37. The minimum absolute atomic E-state index is 0.0443. The van der Waals surface area contributed by atoms with Crippen molar-refractivity contribution in [2.24, 2.45) is 5.73 Å². The molecule has 102 valence electrons. The summed E-state index contributed by atoms with van der Waals surface area (Å²) in [5.41, 5.74) is 6.91. The number of hydrogen-bond acceptors (Lipinski definition) is 3. The van der Waals surface area contributed by atoms with Crippen LogP contribution in [0.25, 0.3) is 0 Å². The van der Waals surface area contributed by atoms with E-state index in [1.54, 1.807) is 17.0 Å². The van der Waals surface area contributed by atoms with E-state index in [2.05, 4.69) is 10.6 Å². The number of carbonyl (C=O) groups excluding carboxylic acids is 2. The van der Waals surface area contributed by atoms with E-state index >= 15 is 0 Å². The Balaban J connectivity index is 1.94. The Hall–Kier alpha value is -2.08. The smallest absolute Gasteiger partial charge is 0.321 e. The number of nitrogens with two attached hydrogens (primary N) is 1. The van der Waals surface area contributed by atoms with E-state index in [4.69, 9.17) is 5.73 Å². The van der Waals surface area contributed by atoms with Crippen molar-refractivity contribution in [1.82, 2.24) is 5.32 Å². The van der Waals surface area contributed by atoms with Crippen LogP contribution in [0.1, 0.15) is 12.8 Å². The lowest BCUT2D eigenvalue weighted by Crippen LogP contribution is -2.27. The van der Waals surface area contributed by atoms with Gasteiger partial charge in [0.1, 0.15) is 0 Å². The number of nitrogens with zero attached hydrogens (tertiary/aromatic N) is 1. The van der Waals surface area contributed by atoms with Gasteiger partial charge in [0.15, 0.2) is 0 Å². The maximum atomic E-state index is 11.5. The molecule has 1 aromatic rings. The second-order valence-electron chi connectivity index (χ2n) is 4.37. The highest BCUT2D eigenvalue weighted by molar-refractivity contribution is 5.95. The number of carbonyl (C=O) groups is 2. The van der Waals surface area contributed by atoms with Crippen LogP contribution in [0.15, 0.2) is 24.3 Å². The summed E-state index contributed by atoms with van der Waals surface area (Å²) in [6.45, 7) is 1.84. The first-order chi connectivity index (χ1) is 9.20. The molecule has 3 amide bonds. The van der Waals surface area contributed by atoms with Crippen molar-refractivity contribution < 1.29 is 9.59 Å². The lowest BCUT2D eigenvalue weighted by atomic mass is 10.2. The van der Waals surface area contributed by atoms with Crippen molar-refractivity contribution in [3.63, 3.8) is 0 Å². The van der Waals surface area contributed by atoms with Gasteiger partial charge in [-0.15, -0.1) is 0 Å². The molecule has 4 N–H and O–H groups in total. The van der Waals surface area contributed by atoms with Gasteiger partial charge in [-0.1, -0.05) is 0 Å². The quantitative estimate of drug-likeness (QED) is 0.736. The van der Waals surface area contributed by atoms with Crippen LogP contribution in [0, 0.1) is 0 Å². The van der Waals surface area contributed by atoms with Crippen LogP contribution < -0.4 is 21.3 Å². The molecule has 6 heteroatoms. The fraction of sp³-hybridized carbons (Fsp3) is 0.385. The molecule has 1 heterocycles. The normalized spacial score (nSPS) is 14.4. The topological polar surface area (TPSA) is 87.5 Å². The zero-order chi connectivity index (χ0) is 13.7. The van der Waals surface area contributed by atoms with E-state index in [0.717, 1.165) is 11.4 Å². The highest BCUT2D eigenvalue weighted by Gasteiger charge is 2.20. The summed E-state index contributed by atoms with van der Waals surface area (Å²) in [5, 5.41) is 5.54. The predicted octanol–water partition coefficient (Wildman–Crippen LogP) is 0.894. The molecule has 1 aromatic carbocycles. The van der Waals surface area contributed by atoms with Crippen molar-refractivity contribution in [2.75, 3.05) is 29.9 Å². The Morgan fingerprint density at radius 3 is 2.68 bits per heavy atom. The highest BCUT2D eigenvalue weighted by atomic mass is 16.2. The molecule has 1 saturated heterocycles. The maximum absolute atomic E-state index is 11.5. The van der Waals surface area contributed by atoms with Gasteiger partial charge in [0.05, 0.1) is 0 Å². The maximum Gasteiger partial charge on any atom is 0.321 e. The molecule has 0 unspecified atom stereocenters. The lowest BCUT2D eigenvalue weighted by Gasteiger charge is -2.14. The van der Waals surface area contributed by atoms with E-state index in [1.165, 1.54) is 0 Å². The SMILES string of the molecule is NCCCC(=O)Nc1ccc(N2CCNC2=O)cc1. The van der Waals surface area contributed by atoms with Crippen LogP contribution in [0.4, 0.5) is 16.2 Å². The summed E-state index contributed by atoms with van der Waals surface area (Å²) in [5.74, 6) is -0.0443. The van der Waals surface area contributed by atoms with Crippen molar-refractivity contribution in [2.45, 2.75) is 12.8 Å². The first-order valence-electron chi connectivity index (χ1n) is 6.36. The molecule has 0 atom stereocenters. The number of nitrogens with one attached hydrogen (secondary N) is 2. The number of benzene rings is 1. The molecule has 0 aliphatic carbocycles. The Bertz CT molecular complexity index is 458. The van der Waals surface area contributed by atoms with Crippen LogP contribution in [-0.2, 0) is 4.79 Å². The number of amides is 3. The minimum Gasteiger partial charge on any atom is -0.336 e. The summed E-state index contributed by atoms with van der Waals surface area (Å²) in [7, 11) is 0. The average Bonchev–Trinajstić information content (AvgIpc) is 2.83. The first-order valence-corrected chi connectivity index (χ1v) is 6.36. The molecule has 0 radical (unpaired) electrons. The molecular weight excluding hydrogens is 244 g/mol. The zero-order valence-corrected chi connectivity index (χ0v) is 10.7. The highest BCUT2D eigenvalue weighted by Crippen LogP contribution is 2.19. The molecule has 1 fully saturated rings. The van der Waals surface area contributed by atoms with Crippen molar-refractivity contribution in [3.05, 3.63) is 24.3 Å². The number of anilines is 2. The van der Waals surface area contributed by atoms with Gasteiger partial charge in [0.2, 0.25) is 5.91 Å². The van der Waals surface area contributed by atoms with Gasteiger partial charge in [-0.3, -0.25) is 9.69 Å². The van der Waals surface area contributed by atoms with E-state index in [9.17, 15) is 9.59 Å². The molecule has 0 aromatic heterocycles. The van der Waals surface area contributed by atoms with Crippen molar-refractivity contribution in [3.8, 4) is 0 Å². The molecular formula is C13H18N4O2. The Labute approximate surface area is 112 Å². The summed E-state index contributed by atoms with van der Waals surface area (Å²) in [4.78, 5) is 24.7. The molecule has 19 heavy (non-hydrogen) atoms. The number of rotatable bonds is 5. The summed E-state index contributed by atoms with van der Waals surface area (Å²) >= 11 is 0. The van der Waals surface area contributed by atoms with Gasteiger partial charge >= 0.3 is 6.03 Å².